The van der Waals surface area contributed by atoms with Gasteiger partial charge in [0.1, 0.15) is 4.32 Å². The Morgan fingerprint density at radius 2 is 2.04 bits per heavy atom. The van der Waals surface area contributed by atoms with Gasteiger partial charge in [-0.15, -0.1) is 0 Å². The van der Waals surface area contributed by atoms with Crippen molar-refractivity contribution in [1.29, 1.82) is 0 Å². The minimum absolute atomic E-state index is 0.00474. The Hall–Kier alpha value is -1.63. The SMILES string of the molecule is O=C(O)CCCN1C(=O)C(=C/C(Cl)=C\c2ccccc2)SC1=S. The van der Waals surface area contributed by atoms with Gasteiger partial charge in [0.15, 0.2) is 0 Å². The maximum atomic E-state index is 12.3. The molecule has 0 spiro atoms. The third kappa shape index (κ3) is 5.20. The average Bonchev–Trinajstić information content (AvgIpc) is 2.75. The summed E-state index contributed by atoms with van der Waals surface area (Å²) in [6, 6.07) is 9.53. The van der Waals surface area contributed by atoms with Gasteiger partial charge in [-0.2, -0.15) is 0 Å². The molecule has 1 N–H and O–H groups in total. The molecule has 1 saturated heterocycles. The number of rotatable bonds is 6. The van der Waals surface area contributed by atoms with Crippen LogP contribution in [0.1, 0.15) is 18.4 Å². The number of carbonyl (C=O) groups is 2. The lowest BCUT2D eigenvalue weighted by atomic mass is 10.2. The summed E-state index contributed by atoms with van der Waals surface area (Å²) in [6.45, 7) is 0.300. The summed E-state index contributed by atoms with van der Waals surface area (Å²) in [7, 11) is 0. The molecule has 1 fully saturated rings. The maximum absolute atomic E-state index is 12.3. The number of nitrogens with zero attached hydrogens (tertiary/aromatic N) is 1. The number of halogens is 1. The lowest BCUT2D eigenvalue weighted by Gasteiger charge is -2.13. The second-order valence-electron chi connectivity index (χ2n) is 4.77. The molecule has 1 heterocycles. The summed E-state index contributed by atoms with van der Waals surface area (Å²) in [4.78, 5) is 24.7. The molecular formula is C16H14ClNO3S2. The van der Waals surface area contributed by atoms with Crippen LogP contribution in [0.25, 0.3) is 6.08 Å². The molecule has 4 nitrogen and oxygen atoms in total. The summed E-state index contributed by atoms with van der Waals surface area (Å²) < 4.78 is 0.427. The first kappa shape index (κ1) is 17.7. The van der Waals surface area contributed by atoms with Crippen molar-refractivity contribution in [2.24, 2.45) is 0 Å². The molecule has 120 valence electrons. The van der Waals surface area contributed by atoms with Crippen molar-refractivity contribution in [1.82, 2.24) is 4.90 Å². The highest BCUT2D eigenvalue weighted by molar-refractivity contribution is 8.26. The topological polar surface area (TPSA) is 57.6 Å². The van der Waals surface area contributed by atoms with Crippen molar-refractivity contribution in [2.75, 3.05) is 6.54 Å². The Labute approximate surface area is 148 Å². The zero-order chi connectivity index (χ0) is 16.8. The van der Waals surface area contributed by atoms with E-state index >= 15 is 0 Å². The van der Waals surface area contributed by atoms with E-state index in [9.17, 15) is 9.59 Å². The van der Waals surface area contributed by atoms with E-state index in [2.05, 4.69) is 0 Å². The molecule has 7 heteroatoms. The van der Waals surface area contributed by atoms with Crippen molar-refractivity contribution in [3.63, 3.8) is 0 Å². The van der Waals surface area contributed by atoms with Crippen LogP contribution in [0, 0.1) is 0 Å². The minimum Gasteiger partial charge on any atom is -0.481 e. The molecule has 0 aliphatic carbocycles. The maximum Gasteiger partial charge on any atom is 0.303 e. The molecule has 1 aromatic carbocycles. The van der Waals surface area contributed by atoms with Crippen LogP contribution in [-0.2, 0) is 9.59 Å². The molecule has 1 aromatic rings. The van der Waals surface area contributed by atoms with Gasteiger partial charge in [-0.3, -0.25) is 14.5 Å². The van der Waals surface area contributed by atoms with Gasteiger partial charge in [0, 0.05) is 18.0 Å². The monoisotopic (exact) mass is 367 g/mol. The number of carbonyl (C=O) groups excluding carboxylic acids is 1. The van der Waals surface area contributed by atoms with Gasteiger partial charge in [0.25, 0.3) is 5.91 Å². The van der Waals surface area contributed by atoms with Crippen LogP contribution >= 0.6 is 35.6 Å². The molecule has 0 saturated carbocycles. The van der Waals surface area contributed by atoms with Crippen molar-refractivity contribution < 1.29 is 14.7 Å². The Morgan fingerprint density at radius 3 is 2.70 bits per heavy atom. The summed E-state index contributed by atoms with van der Waals surface area (Å²) in [5.74, 6) is -1.12. The number of hydrogen-bond acceptors (Lipinski definition) is 4. The van der Waals surface area contributed by atoms with E-state index in [0.29, 0.717) is 27.2 Å². The van der Waals surface area contributed by atoms with E-state index in [4.69, 9.17) is 28.9 Å². The number of aliphatic carboxylic acids is 1. The number of carboxylic acid groups (broad SMARTS) is 1. The third-order valence-corrected chi connectivity index (χ3v) is 4.62. The number of hydrogen-bond donors (Lipinski definition) is 1. The van der Waals surface area contributed by atoms with Crippen molar-refractivity contribution in [3.05, 3.63) is 51.9 Å². The Balaban J connectivity index is 2.06. The highest BCUT2D eigenvalue weighted by atomic mass is 35.5. The Kier molecular flexibility index (Phi) is 6.38. The van der Waals surface area contributed by atoms with E-state index in [0.717, 1.165) is 5.56 Å². The molecule has 0 bridgehead atoms. The molecule has 1 aliphatic heterocycles. The van der Waals surface area contributed by atoms with Crippen LogP contribution < -0.4 is 0 Å². The summed E-state index contributed by atoms with van der Waals surface area (Å²) in [5.41, 5.74) is 0.936. The van der Waals surface area contributed by atoms with Crippen LogP contribution in [0.3, 0.4) is 0 Å². The highest BCUT2D eigenvalue weighted by Crippen LogP contribution is 2.32. The lowest BCUT2D eigenvalue weighted by molar-refractivity contribution is -0.137. The van der Waals surface area contributed by atoms with Crippen LogP contribution in [0.2, 0.25) is 0 Å². The van der Waals surface area contributed by atoms with Gasteiger partial charge in [0.2, 0.25) is 0 Å². The summed E-state index contributed by atoms with van der Waals surface area (Å²) >= 11 is 12.5. The predicted octanol–water partition coefficient (Wildman–Crippen LogP) is 3.88. The molecule has 2 rings (SSSR count). The molecular weight excluding hydrogens is 354 g/mol. The number of thiocarbonyl (C=S) groups is 1. The van der Waals surface area contributed by atoms with E-state index in [-0.39, 0.29) is 12.3 Å². The predicted molar refractivity (Wildman–Crippen MR) is 97.1 cm³/mol. The van der Waals surface area contributed by atoms with Gasteiger partial charge in [-0.25, -0.2) is 0 Å². The minimum atomic E-state index is -0.889. The molecule has 0 unspecified atom stereocenters. The Morgan fingerprint density at radius 1 is 1.35 bits per heavy atom. The van der Waals surface area contributed by atoms with Crippen molar-refractivity contribution in [3.8, 4) is 0 Å². The van der Waals surface area contributed by atoms with Gasteiger partial charge in [-0.05, 0) is 24.1 Å². The number of thioether (sulfide) groups is 1. The molecule has 1 amide bonds. The second-order valence-corrected chi connectivity index (χ2v) is 6.88. The lowest BCUT2D eigenvalue weighted by Crippen LogP contribution is -2.29. The third-order valence-electron chi connectivity index (χ3n) is 3.02. The van der Waals surface area contributed by atoms with Crippen LogP contribution in [0.4, 0.5) is 0 Å². The molecule has 1 aliphatic rings. The largest absolute Gasteiger partial charge is 0.481 e. The Bertz CT molecular complexity index is 686. The van der Waals surface area contributed by atoms with Gasteiger partial charge in [0.05, 0.1) is 4.91 Å². The fourth-order valence-corrected chi connectivity index (χ4v) is 3.56. The molecule has 0 radical (unpaired) electrons. The van der Waals surface area contributed by atoms with Gasteiger partial charge >= 0.3 is 5.97 Å². The van der Waals surface area contributed by atoms with Crippen LogP contribution in [-0.4, -0.2) is 32.7 Å². The molecule has 0 atom stereocenters. The summed E-state index contributed by atoms with van der Waals surface area (Å²) in [6.07, 6.45) is 3.72. The van der Waals surface area contributed by atoms with E-state index < -0.39 is 5.97 Å². The average molecular weight is 368 g/mol. The summed E-state index contributed by atoms with van der Waals surface area (Å²) in [5, 5.41) is 9.09. The van der Waals surface area contributed by atoms with Crippen LogP contribution in [0.5, 0.6) is 0 Å². The number of amides is 1. The van der Waals surface area contributed by atoms with Gasteiger partial charge in [-0.1, -0.05) is 65.9 Å². The zero-order valence-electron chi connectivity index (χ0n) is 12.1. The highest BCUT2D eigenvalue weighted by Gasteiger charge is 2.31. The first-order chi connectivity index (χ1) is 11.0. The normalized spacial score (nSPS) is 17.2. The first-order valence-electron chi connectivity index (χ1n) is 6.87. The quantitative estimate of drug-likeness (QED) is 0.611. The van der Waals surface area contributed by atoms with Crippen LogP contribution in [0.15, 0.2) is 46.3 Å². The molecule has 0 aromatic heterocycles. The van der Waals surface area contributed by atoms with Crippen molar-refractivity contribution >= 4 is 57.9 Å². The molecule has 23 heavy (non-hydrogen) atoms. The van der Waals surface area contributed by atoms with Gasteiger partial charge < -0.3 is 5.11 Å². The first-order valence-corrected chi connectivity index (χ1v) is 8.47. The van der Waals surface area contributed by atoms with Crippen molar-refractivity contribution in [2.45, 2.75) is 12.8 Å². The standard InChI is InChI=1S/C16H14ClNO3S2/c17-12(9-11-5-2-1-3-6-11)10-13-15(21)18(16(22)23-13)8-4-7-14(19)20/h1-3,5-6,9-10H,4,7-8H2,(H,19,20)/b12-9+,13-10?. The smallest absolute Gasteiger partial charge is 0.303 e. The number of allylic oxidation sites excluding steroid dienone is 2. The van der Waals surface area contributed by atoms with E-state index in [1.165, 1.54) is 16.7 Å². The second kappa shape index (κ2) is 8.29. The van der Waals surface area contributed by atoms with E-state index in [1.54, 1.807) is 12.2 Å². The fraction of sp³-hybridized carbons (Fsp3) is 0.188. The van der Waals surface area contributed by atoms with E-state index in [1.807, 2.05) is 30.3 Å². The number of carboxylic acids is 1. The zero-order valence-corrected chi connectivity index (χ0v) is 14.5. The number of benzene rings is 1. The fourth-order valence-electron chi connectivity index (χ4n) is 1.96.